The predicted octanol–water partition coefficient (Wildman–Crippen LogP) is -0.0957. The number of rotatable bonds is 7. The number of carboxylic acid groups (broad SMARTS) is 1. The van der Waals surface area contributed by atoms with Gasteiger partial charge in [0.25, 0.3) is 11.7 Å². The molecule has 1 aromatic rings. The summed E-state index contributed by atoms with van der Waals surface area (Å²) in [7, 11) is 0. The number of nitrogens with one attached hydrogen (secondary N) is 1. The number of aliphatic carboxylic acids is 1. The van der Waals surface area contributed by atoms with Gasteiger partial charge < -0.3 is 19.7 Å². The highest BCUT2D eigenvalue weighted by molar-refractivity contribution is 5.93. The van der Waals surface area contributed by atoms with Crippen molar-refractivity contribution in [1.29, 1.82) is 0 Å². The van der Waals surface area contributed by atoms with Crippen LogP contribution in [0.2, 0.25) is 0 Å². The first kappa shape index (κ1) is 15.6. The Morgan fingerprint density at radius 3 is 2.65 bits per heavy atom. The van der Waals surface area contributed by atoms with Crippen LogP contribution in [0.3, 0.4) is 0 Å². The van der Waals surface area contributed by atoms with Crippen LogP contribution < -0.4 is 5.32 Å². The number of ether oxygens (including phenoxy) is 1. The van der Waals surface area contributed by atoms with Crippen LogP contribution >= 0.6 is 0 Å². The van der Waals surface area contributed by atoms with Gasteiger partial charge in [0.1, 0.15) is 6.04 Å². The standard InChI is InChI=1S/C11H15N3O6/c1-3-19-8(15)5-4-7(11(17)18)13-10(16)9-12-6(2)20-14-9/h7H,3-5H2,1-2H3,(H,13,16)(H,17,18)/t7-/m0/s1. The number of carbonyl (C=O) groups is 3. The number of amides is 1. The molecule has 1 amide bonds. The van der Waals surface area contributed by atoms with Crippen LogP contribution in [0.25, 0.3) is 0 Å². The largest absolute Gasteiger partial charge is 0.480 e. The molecule has 0 fully saturated rings. The lowest BCUT2D eigenvalue weighted by atomic mass is 10.1. The van der Waals surface area contributed by atoms with E-state index in [0.29, 0.717) is 0 Å². The molecule has 0 radical (unpaired) electrons. The van der Waals surface area contributed by atoms with Crippen LogP contribution in [0.4, 0.5) is 0 Å². The van der Waals surface area contributed by atoms with Crippen molar-refractivity contribution in [3.63, 3.8) is 0 Å². The predicted molar refractivity (Wildman–Crippen MR) is 63.8 cm³/mol. The highest BCUT2D eigenvalue weighted by Gasteiger charge is 2.24. The lowest BCUT2D eigenvalue weighted by Gasteiger charge is -2.12. The summed E-state index contributed by atoms with van der Waals surface area (Å²) < 4.78 is 9.30. The fourth-order valence-electron chi connectivity index (χ4n) is 1.37. The molecule has 0 aliphatic rings. The van der Waals surface area contributed by atoms with Crippen molar-refractivity contribution in [2.24, 2.45) is 0 Å². The van der Waals surface area contributed by atoms with Crippen molar-refractivity contribution in [3.8, 4) is 0 Å². The first-order valence-corrected chi connectivity index (χ1v) is 5.93. The van der Waals surface area contributed by atoms with Crippen LogP contribution in [-0.2, 0) is 14.3 Å². The lowest BCUT2D eigenvalue weighted by Crippen LogP contribution is -2.41. The van der Waals surface area contributed by atoms with Gasteiger partial charge in [0, 0.05) is 13.3 Å². The molecule has 9 heteroatoms. The van der Waals surface area contributed by atoms with Gasteiger partial charge >= 0.3 is 11.9 Å². The SMILES string of the molecule is CCOC(=O)CC[C@H](NC(=O)c1noc(C)n1)C(=O)O. The topological polar surface area (TPSA) is 132 Å². The smallest absolute Gasteiger partial charge is 0.326 e. The third-order valence-corrected chi connectivity index (χ3v) is 2.28. The molecule has 1 aromatic heterocycles. The molecule has 1 rings (SSSR count). The maximum absolute atomic E-state index is 11.7. The van der Waals surface area contributed by atoms with E-state index >= 15 is 0 Å². The summed E-state index contributed by atoms with van der Waals surface area (Å²) >= 11 is 0. The Labute approximate surface area is 114 Å². The second-order valence-corrected chi connectivity index (χ2v) is 3.84. The van der Waals surface area contributed by atoms with Gasteiger partial charge in [0.15, 0.2) is 0 Å². The summed E-state index contributed by atoms with van der Waals surface area (Å²) in [5, 5.41) is 14.6. The minimum Gasteiger partial charge on any atom is -0.480 e. The number of nitrogens with zero attached hydrogens (tertiary/aromatic N) is 2. The first-order chi connectivity index (χ1) is 9.43. The van der Waals surface area contributed by atoms with Gasteiger partial charge in [-0.1, -0.05) is 5.16 Å². The van der Waals surface area contributed by atoms with E-state index < -0.39 is 23.9 Å². The summed E-state index contributed by atoms with van der Waals surface area (Å²) in [6.45, 7) is 3.36. The van der Waals surface area contributed by atoms with Crippen LogP contribution in [0.5, 0.6) is 0 Å². The van der Waals surface area contributed by atoms with Gasteiger partial charge in [0.05, 0.1) is 6.61 Å². The second kappa shape index (κ2) is 7.22. The van der Waals surface area contributed by atoms with Crippen LogP contribution in [-0.4, -0.2) is 45.7 Å². The number of aromatic nitrogens is 2. The van der Waals surface area contributed by atoms with Gasteiger partial charge in [0.2, 0.25) is 5.89 Å². The van der Waals surface area contributed by atoms with E-state index in [2.05, 4.69) is 24.7 Å². The lowest BCUT2D eigenvalue weighted by molar-refractivity contribution is -0.144. The van der Waals surface area contributed by atoms with Crippen LogP contribution in [0.15, 0.2) is 4.52 Å². The fourth-order valence-corrected chi connectivity index (χ4v) is 1.37. The van der Waals surface area contributed by atoms with Crippen molar-refractivity contribution in [2.75, 3.05) is 6.61 Å². The molecule has 20 heavy (non-hydrogen) atoms. The Balaban J connectivity index is 2.57. The van der Waals surface area contributed by atoms with Crippen LogP contribution in [0.1, 0.15) is 36.3 Å². The van der Waals surface area contributed by atoms with Crippen molar-refractivity contribution in [1.82, 2.24) is 15.5 Å². The zero-order valence-corrected chi connectivity index (χ0v) is 11.1. The molecule has 1 atom stereocenters. The molecule has 0 saturated heterocycles. The number of carbonyl (C=O) groups excluding carboxylic acids is 2. The van der Waals surface area contributed by atoms with Crippen molar-refractivity contribution >= 4 is 17.8 Å². The average molecular weight is 285 g/mol. The maximum atomic E-state index is 11.7. The number of aryl methyl sites for hydroxylation is 1. The Bertz CT molecular complexity index is 498. The molecule has 0 aliphatic heterocycles. The molecule has 0 bridgehead atoms. The van der Waals surface area contributed by atoms with Crippen molar-refractivity contribution < 1.29 is 28.8 Å². The van der Waals surface area contributed by atoms with E-state index in [9.17, 15) is 14.4 Å². The normalized spacial score (nSPS) is 11.7. The van der Waals surface area contributed by atoms with Crippen molar-refractivity contribution in [2.45, 2.75) is 32.7 Å². The molecule has 2 N–H and O–H groups in total. The van der Waals surface area contributed by atoms with E-state index in [0.717, 1.165) is 0 Å². The third kappa shape index (κ3) is 4.67. The highest BCUT2D eigenvalue weighted by Crippen LogP contribution is 2.02. The van der Waals surface area contributed by atoms with E-state index in [4.69, 9.17) is 5.11 Å². The number of esters is 1. The van der Waals surface area contributed by atoms with Gasteiger partial charge in [-0.2, -0.15) is 4.98 Å². The first-order valence-electron chi connectivity index (χ1n) is 5.93. The molecule has 1 heterocycles. The minimum absolute atomic E-state index is 0.0866. The summed E-state index contributed by atoms with van der Waals surface area (Å²) in [5.74, 6) is -2.64. The number of hydrogen-bond donors (Lipinski definition) is 2. The third-order valence-electron chi connectivity index (χ3n) is 2.28. The molecule has 0 aliphatic carbocycles. The maximum Gasteiger partial charge on any atom is 0.326 e. The Hall–Kier alpha value is -2.45. The van der Waals surface area contributed by atoms with Crippen LogP contribution in [0, 0.1) is 6.92 Å². The Morgan fingerprint density at radius 1 is 1.45 bits per heavy atom. The highest BCUT2D eigenvalue weighted by atomic mass is 16.5. The minimum atomic E-state index is -1.26. The molecule has 0 unspecified atom stereocenters. The molecule has 9 nitrogen and oxygen atoms in total. The fraction of sp³-hybridized carbons (Fsp3) is 0.545. The Morgan fingerprint density at radius 2 is 2.15 bits per heavy atom. The van der Waals surface area contributed by atoms with E-state index in [-0.39, 0.29) is 31.2 Å². The number of carboxylic acids is 1. The van der Waals surface area contributed by atoms with Gasteiger partial charge in [-0.3, -0.25) is 9.59 Å². The Kier molecular flexibility index (Phi) is 5.63. The van der Waals surface area contributed by atoms with Gasteiger partial charge in [-0.25, -0.2) is 4.79 Å². The zero-order chi connectivity index (χ0) is 15.1. The quantitative estimate of drug-likeness (QED) is 0.664. The molecule has 0 aromatic carbocycles. The zero-order valence-electron chi connectivity index (χ0n) is 11.1. The van der Waals surface area contributed by atoms with E-state index in [1.165, 1.54) is 6.92 Å². The van der Waals surface area contributed by atoms with Gasteiger partial charge in [-0.15, -0.1) is 0 Å². The molecule has 0 saturated carbocycles. The summed E-state index contributed by atoms with van der Waals surface area (Å²) in [4.78, 5) is 37.5. The molecule has 110 valence electrons. The average Bonchev–Trinajstić information content (AvgIpc) is 2.81. The molecular weight excluding hydrogens is 270 g/mol. The molecule has 0 spiro atoms. The summed E-state index contributed by atoms with van der Waals surface area (Å²) in [6.07, 6.45) is -0.201. The van der Waals surface area contributed by atoms with E-state index in [1.807, 2.05) is 0 Å². The summed E-state index contributed by atoms with van der Waals surface area (Å²) in [5.41, 5.74) is 0. The van der Waals surface area contributed by atoms with E-state index in [1.54, 1.807) is 6.92 Å². The molecular formula is C11H15N3O6. The van der Waals surface area contributed by atoms with Gasteiger partial charge in [-0.05, 0) is 13.3 Å². The number of hydrogen-bond acceptors (Lipinski definition) is 7. The monoisotopic (exact) mass is 285 g/mol. The van der Waals surface area contributed by atoms with Crippen molar-refractivity contribution in [3.05, 3.63) is 11.7 Å². The second-order valence-electron chi connectivity index (χ2n) is 3.84. The summed E-state index contributed by atoms with van der Waals surface area (Å²) in [6, 6.07) is -1.23.